The number of hydrogen-bond donors (Lipinski definition) is 4. The van der Waals surface area contributed by atoms with Crippen molar-refractivity contribution >= 4 is 6.29 Å². The minimum absolute atomic E-state index is 0.178. The molecule has 1 aromatic rings. The van der Waals surface area contributed by atoms with Crippen LogP contribution in [0.25, 0.3) is 0 Å². The molecule has 0 amide bonds. The van der Waals surface area contributed by atoms with Gasteiger partial charge in [-0.3, -0.25) is 4.79 Å². The summed E-state index contributed by atoms with van der Waals surface area (Å²) in [7, 11) is 1.38. The van der Waals surface area contributed by atoms with Gasteiger partial charge < -0.3 is 34.6 Å². The van der Waals surface area contributed by atoms with Crippen LogP contribution in [0.5, 0.6) is 11.5 Å². The molecule has 0 bridgehead atoms. The first-order valence-electron chi connectivity index (χ1n) is 6.62. The van der Waals surface area contributed by atoms with Gasteiger partial charge in [-0.1, -0.05) is 0 Å². The molecule has 1 aromatic carbocycles. The van der Waals surface area contributed by atoms with Crippen LogP contribution in [0.15, 0.2) is 18.2 Å². The molecule has 1 saturated heterocycles. The van der Waals surface area contributed by atoms with Gasteiger partial charge in [0.25, 0.3) is 0 Å². The first kappa shape index (κ1) is 16.7. The highest BCUT2D eigenvalue weighted by Crippen LogP contribution is 2.31. The second-order valence-corrected chi connectivity index (χ2v) is 4.84. The number of aldehydes is 1. The van der Waals surface area contributed by atoms with E-state index in [2.05, 4.69) is 0 Å². The van der Waals surface area contributed by atoms with Crippen molar-refractivity contribution in [1.29, 1.82) is 0 Å². The number of methoxy groups -OCH3 is 1. The van der Waals surface area contributed by atoms with Crippen molar-refractivity contribution in [2.24, 2.45) is 0 Å². The summed E-state index contributed by atoms with van der Waals surface area (Å²) < 4.78 is 15.8. The first-order valence-corrected chi connectivity index (χ1v) is 6.62. The molecule has 0 aromatic heterocycles. The number of rotatable bonds is 5. The Bertz CT molecular complexity index is 518. The number of benzene rings is 1. The number of ether oxygens (including phenoxy) is 3. The normalized spacial score (nSPS) is 31.6. The van der Waals surface area contributed by atoms with Gasteiger partial charge in [0, 0.05) is 5.56 Å². The molecule has 4 N–H and O–H groups in total. The highest BCUT2D eigenvalue weighted by Gasteiger charge is 2.44. The van der Waals surface area contributed by atoms with Crippen LogP contribution in [-0.2, 0) is 4.74 Å². The topological polar surface area (TPSA) is 126 Å². The summed E-state index contributed by atoms with van der Waals surface area (Å²) >= 11 is 0. The lowest BCUT2D eigenvalue weighted by atomic mass is 9.99. The minimum atomic E-state index is -1.53. The molecule has 2 rings (SSSR count). The summed E-state index contributed by atoms with van der Waals surface area (Å²) in [4.78, 5) is 10.7. The third kappa shape index (κ3) is 3.21. The Morgan fingerprint density at radius 2 is 1.91 bits per heavy atom. The van der Waals surface area contributed by atoms with Gasteiger partial charge in [0.1, 0.15) is 30.7 Å². The van der Waals surface area contributed by atoms with Crippen molar-refractivity contribution in [3.05, 3.63) is 23.8 Å². The van der Waals surface area contributed by atoms with E-state index in [4.69, 9.17) is 19.3 Å². The van der Waals surface area contributed by atoms with E-state index in [-0.39, 0.29) is 11.5 Å². The number of aliphatic hydroxyl groups excluding tert-OH is 4. The predicted molar refractivity (Wildman–Crippen MR) is 72.8 cm³/mol. The maximum absolute atomic E-state index is 10.7. The Kier molecular flexibility index (Phi) is 5.33. The van der Waals surface area contributed by atoms with Crippen LogP contribution in [0.1, 0.15) is 10.4 Å². The molecule has 0 radical (unpaired) electrons. The molecule has 0 aliphatic carbocycles. The van der Waals surface area contributed by atoms with E-state index >= 15 is 0 Å². The van der Waals surface area contributed by atoms with Crippen molar-refractivity contribution < 1.29 is 39.4 Å². The third-order valence-electron chi connectivity index (χ3n) is 3.42. The van der Waals surface area contributed by atoms with Crippen molar-refractivity contribution in [3.63, 3.8) is 0 Å². The van der Waals surface area contributed by atoms with E-state index in [9.17, 15) is 20.1 Å². The second kappa shape index (κ2) is 7.03. The lowest BCUT2D eigenvalue weighted by molar-refractivity contribution is -0.277. The summed E-state index contributed by atoms with van der Waals surface area (Å²) in [6.45, 7) is -0.550. The van der Waals surface area contributed by atoms with Gasteiger partial charge in [-0.2, -0.15) is 0 Å². The van der Waals surface area contributed by atoms with Crippen LogP contribution in [0.2, 0.25) is 0 Å². The SMILES string of the molecule is COc1cc(C=O)ccc1O[C@@H]1O[C@@H](CO)[C@@H](O)[C@@H](O)[C@@H]1O. The molecule has 0 spiro atoms. The van der Waals surface area contributed by atoms with Crippen LogP contribution >= 0.6 is 0 Å². The van der Waals surface area contributed by atoms with E-state index in [1.165, 1.54) is 25.3 Å². The fraction of sp³-hybridized carbons (Fsp3) is 0.500. The summed E-state index contributed by atoms with van der Waals surface area (Å²) in [5, 5.41) is 38.4. The Labute approximate surface area is 126 Å². The van der Waals surface area contributed by atoms with Gasteiger partial charge in [-0.25, -0.2) is 0 Å². The first-order chi connectivity index (χ1) is 10.5. The molecule has 0 unspecified atom stereocenters. The Morgan fingerprint density at radius 1 is 1.18 bits per heavy atom. The van der Waals surface area contributed by atoms with Gasteiger partial charge in [0.2, 0.25) is 6.29 Å². The Morgan fingerprint density at radius 3 is 2.50 bits per heavy atom. The zero-order valence-electron chi connectivity index (χ0n) is 11.8. The van der Waals surface area contributed by atoms with Gasteiger partial charge in [0.05, 0.1) is 13.7 Å². The van der Waals surface area contributed by atoms with E-state index in [0.29, 0.717) is 11.8 Å². The standard InChI is InChI=1S/C14H18O8/c1-20-9-4-7(5-15)2-3-8(9)21-14-13(19)12(18)11(17)10(6-16)22-14/h2-5,10-14,16-19H,6H2,1H3/t10-,11+,12+,13-,14+/m0/s1. The second-order valence-electron chi connectivity index (χ2n) is 4.84. The number of carbonyl (C=O) groups excluding carboxylic acids is 1. The van der Waals surface area contributed by atoms with Gasteiger partial charge in [0.15, 0.2) is 11.5 Å². The van der Waals surface area contributed by atoms with Gasteiger partial charge in [-0.05, 0) is 18.2 Å². The maximum Gasteiger partial charge on any atom is 0.229 e. The van der Waals surface area contributed by atoms with E-state index < -0.39 is 37.3 Å². The van der Waals surface area contributed by atoms with Crippen LogP contribution < -0.4 is 9.47 Å². The van der Waals surface area contributed by atoms with Crippen LogP contribution in [0.3, 0.4) is 0 Å². The summed E-state index contributed by atoms with van der Waals surface area (Å²) in [6, 6.07) is 4.37. The molecule has 8 nitrogen and oxygen atoms in total. The monoisotopic (exact) mass is 314 g/mol. The zero-order chi connectivity index (χ0) is 16.3. The van der Waals surface area contributed by atoms with Crippen molar-refractivity contribution in [2.45, 2.75) is 30.7 Å². The van der Waals surface area contributed by atoms with Crippen molar-refractivity contribution in [1.82, 2.24) is 0 Å². The largest absolute Gasteiger partial charge is 0.493 e. The molecule has 1 heterocycles. The zero-order valence-corrected chi connectivity index (χ0v) is 11.8. The molecule has 0 saturated carbocycles. The Balaban J connectivity index is 2.20. The molecular formula is C14H18O8. The minimum Gasteiger partial charge on any atom is -0.493 e. The van der Waals surface area contributed by atoms with Crippen molar-refractivity contribution in [3.8, 4) is 11.5 Å². The smallest absolute Gasteiger partial charge is 0.229 e. The summed E-state index contributed by atoms with van der Waals surface area (Å²) in [5.41, 5.74) is 0.373. The Hall–Kier alpha value is -1.71. The van der Waals surface area contributed by atoms with Crippen LogP contribution in [-0.4, -0.2) is 71.1 Å². The highest BCUT2D eigenvalue weighted by molar-refractivity contribution is 5.76. The van der Waals surface area contributed by atoms with Crippen LogP contribution in [0.4, 0.5) is 0 Å². The summed E-state index contributed by atoms with van der Waals surface area (Å²) in [5.74, 6) is 0.416. The molecule has 1 fully saturated rings. The highest BCUT2D eigenvalue weighted by atomic mass is 16.7. The predicted octanol–water partition coefficient (Wildman–Crippen LogP) is -1.31. The molecular weight excluding hydrogens is 296 g/mol. The molecule has 1 aliphatic heterocycles. The number of aliphatic hydroxyl groups is 4. The molecule has 122 valence electrons. The lowest BCUT2D eigenvalue weighted by Gasteiger charge is -2.39. The fourth-order valence-corrected chi connectivity index (χ4v) is 2.14. The summed E-state index contributed by atoms with van der Waals surface area (Å²) in [6.07, 6.45) is -6.25. The average Bonchev–Trinajstić information content (AvgIpc) is 2.55. The van der Waals surface area contributed by atoms with Gasteiger partial charge >= 0.3 is 0 Å². The number of carbonyl (C=O) groups is 1. The fourth-order valence-electron chi connectivity index (χ4n) is 2.14. The van der Waals surface area contributed by atoms with E-state index in [1.54, 1.807) is 0 Å². The molecule has 22 heavy (non-hydrogen) atoms. The molecule has 8 heteroatoms. The quantitative estimate of drug-likeness (QED) is 0.493. The van der Waals surface area contributed by atoms with Crippen LogP contribution in [0, 0.1) is 0 Å². The van der Waals surface area contributed by atoms with E-state index in [1.807, 2.05) is 0 Å². The third-order valence-corrected chi connectivity index (χ3v) is 3.42. The lowest BCUT2D eigenvalue weighted by Crippen LogP contribution is -2.60. The van der Waals surface area contributed by atoms with Gasteiger partial charge in [-0.15, -0.1) is 0 Å². The van der Waals surface area contributed by atoms with Crippen molar-refractivity contribution in [2.75, 3.05) is 13.7 Å². The maximum atomic E-state index is 10.7. The molecule has 5 atom stereocenters. The van der Waals surface area contributed by atoms with E-state index in [0.717, 1.165) is 0 Å². The average molecular weight is 314 g/mol. The number of hydrogen-bond acceptors (Lipinski definition) is 8. The molecule has 1 aliphatic rings.